The lowest BCUT2D eigenvalue weighted by Crippen LogP contribution is -2.50. The molecule has 1 aromatic carbocycles. The number of epoxide rings is 1. The normalized spacial score (nSPS) is 24.8. The summed E-state index contributed by atoms with van der Waals surface area (Å²) in [5.74, 6) is -3.83. The molecule has 94 valence electrons. The second-order valence-electron chi connectivity index (χ2n) is 3.72. The third-order valence-electron chi connectivity index (χ3n) is 2.52. The number of halogens is 4. The zero-order chi connectivity index (χ0) is 12.8. The fourth-order valence-electron chi connectivity index (χ4n) is 1.52. The number of hydrogen-bond donors (Lipinski definition) is 2. The molecule has 17 heavy (non-hydrogen) atoms. The van der Waals surface area contributed by atoms with Crippen LogP contribution < -0.4 is 0 Å². The molecule has 0 amide bonds. The first-order valence-electron chi connectivity index (χ1n) is 4.66. The Labute approximate surface area is 103 Å². The molecule has 1 heterocycles. The molecule has 2 rings (SSSR count). The molecule has 0 aliphatic carbocycles. The minimum Gasteiger partial charge on any atom is -0.358 e. The number of aliphatic hydroxyl groups is 2. The van der Waals surface area contributed by atoms with Gasteiger partial charge in [-0.1, -0.05) is 34.1 Å². The zero-order valence-electron chi connectivity index (χ0n) is 8.28. The van der Waals surface area contributed by atoms with E-state index in [9.17, 15) is 13.2 Å². The summed E-state index contributed by atoms with van der Waals surface area (Å²) < 4.78 is 42.3. The second-order valence-corrected chi connectivity index (χ2v) is 4.58. The van der Waals surface area contributed by atoms with Gasteiger partial charge < -0.3 is 14.9 Å². The molecular formula is C10H8BrF3O3. The number of hydrogen-bond acceptors (Lipinski definition) is 3. The minimum atomic E-state index is -5.15. The average Bonchev–Trinajstić information content (AvgIpc) is 2.96. The van der Waals surface area contributed by atoms with Crippen LogP contribution in [0.25, 0.3) is 0 Å². The molecule has 1 saturated heterocycles. The lowest BCUT2D eigenvalue weighted by atomic mass is 10.0. The van der Waals surface area contributed by atoms with Crippen molar-refractivity contribution < 1.29 is 28.1 Å². The predicted octanol–water partition coefficient (Wildman–Crippen LogP) is 2.13. The van der Waals surface area contributed by atoms with Gasteiger partial charge in [-0.05, 0) is 11.6 Å². The first-order chi connectivity index (χ1) is 7.75. The molecule has 7 heteroatoms. The Balaban J connectivity index is 2.19. The molecule has 2 atom stereocenters. The van der Waals surface area contributed by atoms with E-state index in [-0.39, 0.29) is 0 Å². The number of alkyl halides is 3. The monoisotopic (exact) mass is 312 g/mol. The Hall–Kier alpha value is -0.630. The predicted molar refractivity (Wildman–Crippen MR) is 55.0 cm³/mol. The summed E-state index contributed by atoms with van der Waals surface area (Å²) in [6.07, 6.45) is -7.81. The van der Waals surface area contributed by atoms with Crippen molar-refractivity contribution in [1.82, 2.24) is 0 Å². The van der Waals surface area contributed by atoms with E-state index in [0.717, 1.165) is 0 Å². The summed E-state index contributed by atoms with van der Waals surface area (Å²) >= 11 is 3.16. The van der Waals surface area contributed by atoms with E-state index in [0.29, 0.717) is 10.0 Å². The van der Waals surface area contributed by atoms with Crippen molar-refractivity contribution >= 4 is 15.9 Å². The number of ether oxygens (including phenoxy) is 1. The van der Waals surface area contributed by atoms with Gasteiger partial charge in [-0.2, -0.15) is 13.2 Å². The summed E-state index contributed by atoms with van der Waals surface area (Å²) in [6.45, 7) is 0. The minimum absolute atomic E-state index is 0.453. The summed E-state index contributed by atoms with van der Waals surface area (Å²) in [7, 11) is 0. The van der Waals surface area contributed by atoms with Crippen molar-refractivity contribution in [3.05, 3.63) is 34.3 Å². The summed E-state index contributed by atoms with van der Waals surface area (Å²) in [4.78, 5) is 0. The Morgan fingerprint density at radius 2 is 1.76 bits per heavy atom. The SMILES string of the molecule is OC(O)([C@H]1O[C@@H]1c1ccccc1Br)C(F)(F)F. The van der Waals surface area contributed by atoms with Gasteiger partial charge in [0.25, 0.3) is 5.79 Å². The van der Waals surface area contributed by atoms with Gasteiger partial charge in [-0.3, -0.25) is 0 Å². The molecular weight excluding hydrogens is 305 g/mol. The van der Waals surface area contributed by atoms with E-state index in [4.69, 9.17) is 14.9 Å². The lowest BCUT2D eigenvalue weighted by Gasteiger charge is -2.22. The molecule has 3 nitrogen and oxygen atoms in total. The molecule has 2 N–H and O–H groups in total. The Morgan fingerprint density at radius 1 is 1.18 bits per heavy atom. The molecule has 0 radical (unpaired) electrons. The van der Waals surface area contributed by atoms with Crippen molar-refractivity contribution in [3.8, 4) is 0 Å². The van der Waals surface area contributed by atoms with Gasteiger partial charge in [0, 0.05) is 4.47 Å². The maximum absolute atomic E-state index is 12.3. The molecule has 1 aliphatic heterocycles. The topological polar surface area (TPSA) is 53.0 Å². The van der Waals surface area contributed by atoms with E-state index in [1.54, 1.807) is 24.3 Å². The van der Waals surface area contributed by atoms with Crippen molar-refractivity contribution in [2.75, 3.05) is 0 Å². The molecule has 1 aromatic rings. The van der Waals surface area contributed by atoms with Crippen LogP contribution in [0.4, 0.5) is 13.2 Å². The quantitative estimate of drug-likeness (QED) is 0.650. The maximum atomic E-state index is 12.3. The van der Waals surface area contributed by atoms with Crippen LogP contribution >= 0.6 is 15.9 Å². The molecule has 1 fully saturated rings. The van der Waals surface area contributed by atoms with Gasteiger partial charge in [0.2, 0.25) is 0 Å². The average molecular weight is 313 g/mol. The van der Waals surface area contributed by atoms with Crippen LogP contribution in [-0.4, -0.2) is 28.3 Å². The van der Waals surface area contributed by atoms with E-state index < -0.39 is 24.2 Å². The molecule has 0 unspecified atom stereocenters. The van der Waals surface area contributed by atoms with Crippen LogP contribution in [0.3, 0.4) is 0 Å². The van der Waals surface area contributed by atoms with Gasteiger partial charge in [0.05, 0.1) is 0 Å². The van der Waals surface area contributed by atoms with Crippen LogP contribution in [-0.2, 0) is 4.74 Å². The summed E-state index contributed by atoms with van der Waals surface area (Å²) in [5, 5.41) is 18.0. The Bertz CT molecular complexity index is 433. The van der Waals surface area contributed by atoms with Gasteiger partial charge in [-0.15, -0.1) is 0 Å². The first kappa shape index (κ1) is 12.8. The van der Waals surface area contributed by atoms with E-state index in [1.807, 2.05) is 0 Å². The van der Waals surface area contributed by atoms with E-state index in [2.05, 4.69) is 15.9 Å². The van der Waals surface area contributed by atoms with Gasteiger partial charge in [0.1, 0.15) is 6.10 Å². The molecule has 0 aromatic heterocycles. The van der Waals surface area contributed by atoms with Crippen molar-refractivity contribution in [1.29, 1.82) is 0 Å². The highest BCUT2D eigenvalue weighted by molar-refractivity contribution is 9.10. The second kappa shape index (κ2) is 3.94. The highest BCUT2D eigenvalue weighted by Gasteiger charge is 2.68. The fourth-order valence-corrected chi connectivity index (χ4v) is 2.03. The van der Waals surface area contributed by atoms with Gasteiger partial charge in [0.15, 0.2) is 6.10 Å². The zero-order valence-corrected chi connectivity index (χ0v) is 9.86. The standard InChI is InChI=1S/C10H8BrF3O3/c11-6-4-2-1-3-5(6)7-8(17-7)9(15,16)10(12,13)14/h1-4,7-8,15-16H/t7-,8+/m1/s1. The Morgan fingerprint density at radius 3 is 2.29 bits per heavy atom. The van der Waals surface area contributed by atoms with E-state index >= 15 is 0 Å². The summed E-state index contributed by atoms with van der Waals surface area (Å²) in [6, 6.07) is 6.52. The highest BCUT2D eigenvalue weighted by atomic mass is 79.9. The van der Waals surface area contributed by atoms with Crippen LogP contribution in [0.5, 0.6) is 0 Å². The first-order valence-corrected chi connectivity index (χ1v) is 5.46. The number of benzene rings is 1. The maximum Gasteiger partial charge on any atom is 0.445 e. The van der Waals surface area contributed by atoms with Crippen LogP contribution in [0.2, 0.25) is 0 Å². The van der Waals surface area contributed by atoms with Crippen molar-refractivity contribution in [2.24, 2.45) is 0 Å². The third kappa shape index (κ3) is 2.20. The molecule has 0 saturated carbocycles. The van der Waals surface area contributed by atoms with Gasteiger partial charge in [-0.25, -0.2) is 0 Å². The van der Waals surface area contributed by atoms with Crippen LogP contribution in [0, 0.1) is 0 Å². The van der Waals surface area contributed by atoms with Gasteiger partial charge >= 0.3 is 6.18 Å². The molecule has 0 spiro atoms. The largest absolute Gasteiger partial charge is 0.445 e. The van der Waals surface area contributed by atoms with Crippen LogP contribution in [0.1, 0.15) is 11.7 Å². The summed E-state index contributed by atoms with van der Waals surface area (Å²) in [5.41, 5.74) is 0.453. The lowest BCUT2D eigenvalue weighted by molar-refractivity contribution is -0.355. The third-order valence-corrected chi connectivity index (χ3v) is 3.24. The van der Waals surface area contributed by atoms with Crippen molar-refractivity contribution in [3.63, 3.8) is 0 Å². The van der Waals surface area contributed by atoms with Crippen molar-refractivity contribution in [2.45, 2.75) is 24.2 Å². The fraction of sp³-hybridized carbons (Fsp3) is 0.400. The van der Waals surface area contributed by atoms with Crippen LogP contribution in [0.15, 0.2) is 28.7 Å². The highest BCUT2D eigenvalue weighted by Crippen LogP contribution is 2.50. The Kier molecular flexibility index (Phi) is 2.97. The smallest absolute Gasteiger partial charge is 0.358 e. The molecule has 0 bridgehead atoms. The number of rotatable bonds is 2. The van der Waals surface area contributed by atoms with E-state index in [1.165, 1.54) is 0 Å². The molecule has 1 aliphatic rings.